The van der Waals surface area contributed by atoms with E-state index in [1.807, 2.05) is 0 Å². The molecule has 0 aliphatic carbocycles. The van der Waals surface area contributed by atoms with Gasteiger partial charge in [-0.25, -0.2) is 4.79 Å². The fourth-order valence-corrected chi connectivity index (χ4v) is 1.07. The zero-order chi connectivity index (χ0) is 9.84. The van der Waals surface area contributed by atoms with Crippen LogP contribution in [0.2, 0.25) is 0 Å². The molecule has 4 heteroatoms. The average molecular weight is 184 g/mol. The van der Waals surface area contributed by atoms with Gasteiger partial charge < -0.3 is 13.9 Å². The highest BCUT2D eigenvalue weighted by Crippen LogP contribution is 2.15. The van der Waals surface area contributed by atoms with Crippen molar-refractivity contribution >= 4 is 5.97 Å². The van der Waals surface area contributed by atoms with E-state index >= 15 is 0 Å². The minimum atomic E-state index is -0.386. The number of methoxy groups -OCH3 is 2. The average Bonchev–Trinajstić information content (AvgIpc) is 2.46. The third-order valence-electron chi connectivity index (χ3n) is 1.66. The Bertz CT molecular complexity index is 301. The van der Waals surface area contributed by atoms with Gasteiger partial charge >= 0.3 is 5.97 Å². The monoisotopic (exact) mass is 184 g/mol. The van der Waals surface area contributed by atoms with Crippen molar-refractivity contribution in [1.29, 1.82) is 0 Å². The summed E-state index contributed by atoms with van der Waals surface area (Å²) in [5, 5.41) is 0. The van der Waals surface area contributed by atoms with Crippen LogP contribution in [-0.4, -0.2) is 20.2 Å². The lowest BCUT2D eigenvalue weighted by Gasteiger charge is -1.93. The van der Waals surface area contributed by atoms with Gasteiger partial charge in [-0.2, -0.15) is 0 Å². The van der Waals surface area contributed by atoms with Gasteiger partial charge in [0, 0.05) is 7.11 Å². The number of hydrogen-bond acceptors (Lipinski definition) is 4. The van der Waals surface area contributed by atoms with E-state index < -0.39 is 0 Å². The first-order valence-electron chi connectivity index (χ1n) is 3.85. The third-order valence-corrected chi connectivity index (χ3v) is 1.66. The van der Waals surface area contributed by atoms with Gasteiger partial charge in [0.05, 0.1) is 7.11 Å². The van der Waals surface area contributed by atoms with Crippen LogP contribution in [0.3, 0.4) is 0 Å². The molecule has 72 valence electrons. The van der Waals surface area contributed by atoms with Crippen LogP contribution in [0.25, 0.3) is 0 Å². The van der Waals surface area contributed by atoms with Crippen molar-refractivity contribution in [3.05, 3.63) is 23.2 Å². The molecule has 13 heavy (non-hydrogen) atoms. The Morgan fingerprint density at radius 2 is 2.23 bits per heavy atom. The normalized spacial score (nSPS) is 10.1. The zero-order valence-corrected chi connectivity index (χ0v) is 7.92. The highest BCUT2D eigenvalue weighted by atomic mass is 16.5. The van der Waals surface area contributed by atoms with Crippen LogP contribution in [0.5, 0.6) is 0 Å². The summed E-state index contributed by atoms with van der Waals surface area (Å²) in [4.78, 5) is 11.1. The fourth-order valence-electron chi connectivity index (χ4n) is 1.07. The molecular formula is C9H12O4. The summed E-state index contributed by atoms with van der Waals surface area (Å²) in [6.07, 6.45) is 0. The number of aryl methyl sites for hydroxylation is 1. The molecule has 0 radical (unpaired) electrons. The Labute approximate surface area is 76.4 Å². The highest BCUT2D eigenvalue weighted by molar-refractivity contribution is 5.90. The molecule has 0 aromatic carbocycles. The lowest BCUT2D eigenvalue weighted by Crippen LogP contribution is -2.00. The summed E-state index contributed by atoms with van der Waals surface area (Å²) < 4.78 is 14.7. The first-order chi connectivity index (χ1) is 6.19. The summed E-state index contributed by atoms with van der Waals surface area (Å²) >= 11 is 0. The lowest BCUT2D eigenvalue weighted by molar-refractivity contribution is 0.0599. The number of furan rings is 1. The SMILES string of the molecule is COCc1cc(C(=O)OC)c(C)o1. The maximum atomic E-state index is 11.1. The molecule has 0 spiro atoms. The van der Waals surface area contributed by atoms with Crippen molar-refractivity contribution in [1.82, 2.24) is 0 Å². The minimum absolute atomic E-state index is 0.359. The molecule has 0 saturated carbocycles. The molecule has 0 atom stereocenters. The van der Waals surface area contributed by atoms with Crippen LogP contribution in [0.1, 0.15) is 21.9 Å². The number of rotatable bonds is 3. The molecule has 0 bridgehead atoms. The van der Waals surface area contributed by atoms with Gasteiger partial charge in [-0.1, -0.05) is 0 Å². The van der Waals surface area contributed by atoms with Gasteiger partial charge in [0.15, 0.2) is 0 Å². The number of carbonyl (C=O) groups is 1. The van der Waals surface area contributed by atoms with Gasteiger partial charge in [-0.05, 0) is 13.0 Å². The first-order valence-corrected chi connectivity index (χ1v) is 3.85. The van der Waals surface area contributed by atoms with E-state index in [0.29, 0.717) is 23.7 Å². The molecule has 0 saturated heterocycles. The fraction of sp³-hybridized carbons (Fsp3) is 0.444. The van der Waals surface area contributed by atoms with Crippen molar-refractivity contribution < 1.29 is 18.7 Å². The number of carbonyl (C=O) groups excluding carboxylic acids is 1. The van der Waals surface area contributed by atoms with Gasteiger partial charge in [-0.3, -0.25) is 0 Å². The van der Waals surface area contributed by atoms with Crippen LogP contribution in [0.4, 0.5) is 0 Å². The van der Waals surface area contributed by atoms with E-state index in [1.165, 1.54) is 7.11 Å². The summed E-state index contributed by atoms with van der Waals surface area (Å²) in [7, 11) is 2.90. The predicted molar refractivity (Wildman–Crippen MR) is 45.5 cm³/mol. The topological polar surface area (TPSA) is 48.7 Å². The molecule has 0 aliphatic heterocycles. The van der Waals surface area contributed by atoms with Crippen LogP contribution in [0.15, 0.2) is 10.5 Å². The molecule has 0 amide bonds. The smallest absolute Gasteiger partial charge is 0.341 e. The van der Waals surface area contributed by atoms with Crippen molar-refractivity contribution in [3.8, 4) is 0 Å². The maximum Gasteiger partial charge on any atom is 0.341 e. The Morgan fingerprint density at radius 3 is 2.77 bits per heavy atom. The number of esters is 1. The molecule has 0 aliphatic rings. The van der Waals surface area contributed by atoms with Crippen molar-refractivity contribution in [2.75, 3.05) is 14.2 Å². The quantitative estimate of drug-likeness (QED) is 0.668. The van der Waals surface area contributed by atoms with Gasteiger partial charge in [0.25, 0.3) is 0 Å². The Hall–Kier alpha value is -1.29. The van der Waals surface area contributed by atoms with Crippen LogP contribution in [-0.2, 0) is 16.1 Å². The molecule has 1 heterocycles. The van der Waals surface area contributed by atoms with Gasteiger partial charge in [0.1, 0.15) is 23.7 Å². The molecule has 0 unspecified atom stereocenters. The van der Waals surface area contributed by atoms with Crippen LogP contribution >= 0.6 is 0 Å². The van der Waals surface area contributed by atoms with Gasteiger partial charge in [0.2, 0.25) is 0 Å². The van der Waals surface area contributed by atoms with Crippen LogP contribution < -0.4 is 0 Å². The summed E-state index contributed by atoms with van der Waals surface area (Å²) in [6.45, 7) is 2.07. The molecule has 0 fully saturated rings. The summed E-state index contributed by atoms with van der Waals surface area (Å²) in [5.74, 6) is 0.794. The van der Waals surface area contributed by atoms with E-state index in [4.69, 9.17) is 9.15 Å². The third kappa shape index (κ3) is 2.09. The number of ether oxygens (including phenoxy) is 2. The van der Waals surface area contributed by atoms with E-state index in [2.05, 4.69) is 4.74 Å². The second-order valence-electron chi connectivity index (χ2n) is 2.61. The molecule has 0 N–H and O–H groups in total. The second kappa shape index (κ2) is 4.09. The Balaban J connectivity index is 2.89. The minimum Gasteiger partial charge on any atom is -0.465 e. The largest absolute Gasteiger partial charge is 0.465 e. The zero-order valence-electron chi connectivity index (χ0n) is 7.92. The molecule has 1 aromatic heterocycles. The Kier molecular flexibility index (Phi) is 3.08. The summed E-state index contributed by atoms with van der Waals surface area (Å²) in [6, 6.07) is 1.63. The van der Waals surface area contributed by atoms with Crippen molar-refractivity contribution in [2.24, 2.45) is 0 Å². The van der Waals surface area contributed by atoms with E-state index in [-0.39, 0.29) is 5.97 Å². The van der Waals surface area contributed by atoms with E-state index in [0.717, 1.165) is 0 Å². The predicted octanol–water partition coefficient (Wildman–Crippen LogP) is 1.52. The highest BCUT2D eigenvalue weighted by Gasteiger charge is 2.14. The van der Waals surface area contributed by atoms with E-state index in [9.17, 15) is 4.79 Å². The lowest BCUT2D eigenvalue weighted by atomic mass is 10.2. The maximum absolute atomic E-state index is 11.1. The van der Waals surface area contributed by atoms with Crippen LogP contribution in [0, 0.1) is 6.92 Å². The molecular weight excluding hydrogens is 172 g/mol. The molecule has 4 nitrogen and oxygen atoms in total. The molecule has 1 rings (SSSR count). The number of hydrogen-bond donors (Lipinski definition) is 0. The van der Waals surface area contributed by atoms with E-state index in [1.54, 1.807) is 20.1 Å². The van der Waals surface area contributed by atoms with Gasteiger partial charge in [-0.15, -0.1) is 0 Å². The standard InChI is InChI=1S/C9H12O4/c1-6-8(9(10)12-3)4-7(13-6)5-11-2/h4H,5H2,1-3H3. The first kappa shape index (κ1) is 9.80. The molecule has 1 aromatic rings. The van der Waals surface area contributed by atoms with Crippen molar-refractivity contribution in [2.45, 2.75) is 13.5 Å². The summed E-state index contributed by atoms with van der Waals surface area (Å²) in [5.41, 5.74) is 0.453. The Morgan fingerprint density at radius 1 is 1.54 bits per heavy atom. The second-order valence-corrected chi connectivity index (χ2v) is 2.61. The van der Waals surface area contributed by atoms with Crippen molar-refractivity contribution in [3.63, 3.8) is 0 Å².